The number of amidine groups is 1. The maximum absolute atomic E-state index is 11.5. The summed E-state index contributed by atoms with van der Waals surface area (Å²) in [6, 6.07) is 9.52. The average Bonchev–Trinajstić information content (AvgIpc) is 2.45. The third-order valence-electron chi connectivity index (χ3n) is 2.57. The van der Waals surface area contributed by atoms with Crippen LogP contribution in [-0.2, 0) is 6.54 Å². The number of urea groups is 1. The van der Waals surface area contributed by atoms with Crippen molar-refractivity contribution in [3.05, 3.63) is 35.9 Å². The van der Waals surface area contributed by atoms with Crippen molar-refractivity contribution in [2.45, 2.75) is 25.8 Å². The second-order valence-electron chi connectivity index (χ2n) is 4.14. The van der Waals surface area contributed by atoms with Gasteiger partial charge in [-0.05, 0) is 18.4 Å². The number of nitrogens with one attached hydrogen (secondary N) is 2. The number of unbranched alkanes of at least 4 members (excludes halogenated alkanes) is 1. The zero-order valence-electron chi connectivity index (χ0n) is 10.8. The molecule has 0 atom stereocenters. The van der Waals surface area contributed by atoms with Gasteiger partial charge in [-0.3, -0.25) is 0 Å². The topological polar surface area (TPSA) is 99.7 Å². The Morgan fingerprint density at radius 2 is 1.95 bits per heavy atom. The summed E-state index contributed by atoms with van der Waals surface area (Å²) in [6.45, 7) is 1.08. The molecule has 1 aromatic carbocycles. The highest BCUT2D eigenvalue weighted by Crippen LogP contribution is 1.97. The number of hydrogen-bond donors (Lipinski definition) is 4. The third-order valence-corrected chi connectivity index (χ3v) is 2.57. The normalized spacial score (nSPS) is 11.1. The largest absolute Gasteiger partial charge is 0.409 e. The maximum Gasteiger partial charge on any atom is 0.315 e. The number of carbonyl (C=O) groups excluding carboxylic acids is 1. The highest BCUT2D eigenvalue weighted by Gasteiger charge is 1.99. The standard InChI is InChI=1S/C13H20N4O2/c14-12(17-19)8-4-5-9-15-13(18)16-10-11-6-2-1-3-7-11/h1-3,6-7,19H,4-5,8-10H2,(H2,14,17)(H2,15,16,18). The molecular weight excluding hydrogens is 244 g/mol. The Bertz CT molecular complexity index is 406. The van der Waals surface area contributed by atoms with E-state index >= 15 is 0 Å². The van der Waals surface area contributed by atoms with Crippen molar-refractivity contribution < 1.29 is 10.0 Å². The fourth-order valence-corrected chi connectivity index (χ4v) is 1.52. The quantitative estimate of drug-likeness (QED) is 0.197. The molecule has 1 rings (SSSR count). The summed E-state index contributed by atoms with van der Waals surface area (Å²) < 4.78 is 0. The van der Waals surface area contributed by atoms with Crippen LogP contribution in [0, 0.1) is 0 Å². The highest BCUT2D eigenvalue weighted by molar-refractivity contribution is 5.79. The van der Waals surface area contributed by atoms with Crippen molar-refractivity contribution in [1.82, 2.24) is 10.6 Å². The molecule has 0 aliphatic carbocycles. The van der Waals surface area contributed by atoms with Crippen molar-refractivity contribution in [2.24, 2.45) is 10.9 Å². The molecule has 2 amide bonds. The Kier molecular flexibility index (Phi) is 6.86. The van der Waals surface area contributed by atoms with E-state index in [-0.39, 0.29) is 11.9 Å². The van der Waals surface area contributed by atoms with Crippen molar-refractivity contribution >= 4 is 11.9 Å². The molecule has 0 heterocycles. The Hall–Kier alpha value is -2.24. The molecule has 5 N–H and O–H groups in total. The first-order valence-electron chi connectivity index (χ1n) is 6.24. The van der Waals surface area contributed by atoms with Gasteiger partial charge in [-0.1, -0.05) is 35.5 Å². The molecule has 0 aliphatic heterocycles. The fraction of sp³-hybridized carbons (Fsp3) is 0.385. The zero-order chi connectivity index (χ0) is 13.9. The molecule has 1 aromatic rings. The van der Waals surface area contributed by atoms with Crippen molar-refractivity contribution in [3.63, 3.8) is 0 Å². The number of rotatable bonds is 7. The van der Waals surface area contributed by atoms with Gasteiger partial charge in [0.2, 0.25) is 0 Å². The highest BCUT2D eigenvalue weighted by atomic mass is 16.4. The van der Waals surface area contributed by atoms with E-state index in [1.54, 1.807) is 0 Å². The van der Waals surface area contributed by atoms with Crippen molar-refractivity contribution in [1.29, 1.82) is 0 Å². The molecule has 0 aliphatic rings. The Morgan fingerprint density at radius 1 is 1.21 bits per heavy atom. The van der Waals surface area contributed by atoms with Gasteiger partial charge in [0.05, 0.1) is 0 Å². The smallest absolute Gasteiger partial charge is 0.315 e. The summed E-state index contributed by atoms with van der Waals surface area (Å²) in [6.07, 6.45) is 2.09. The van der Waals surface area contributed by atoms with E-state index in [2.05, 4.69) is 15.8 Å². The van der Waals surface area contributed by atoms with Gasteiger partial charge in [0.1, 0.15) is 5.84 Å². The minimum absolute atomic E-state index is 0.187. The fourth-order valence-electron chi connectivity index (χ4n) is 1.52. The maximum atomic E-state index is 11.5. The van der Waals surface area contributed by atoms with Crippen LogP contribution in [0.25, 0.3) is 0 Å². The summed E-state index contributed by atoms with van der Waals surface area (Å²) in [5, 5.41) is 16.7. The van der Waals surface area contributed by atoms with E-state index in [1.165, 1.54) is 0 Å². The third kappa shape index (κ3) is 6.92. The van der Waals surface area contributed by atoms with Crippen LogP contribution >= 0.6 is 0 Å². The van der Waals surface area contributed by atoms with Gasteiger partial charge in [-0.25, -0.2) is 4.79 Å². The van der Waals surface area contributed by atoms with Gasteiger partial charge in [0.15, 0.2) is 0 Å². The molecule has 0 aromatic heterocycles. The predicted octanol–water partition coefficient (Wildman–Crippen LogP) is 1.40. The minimum atomic E-state index is -0.187. The van der Waals surface area contributed by atoms with Gasteiger partial charge in [0.25, 0.3) is 0 Å². The predicted molar refractivity (Wildman–Crippen MR) is 73.9 cm³/mol. The number of nitrogens with two attached hydrogens (primary N) is 1. The van der Waals surface area contributed by atoms with Crippen molar-refractivity contribution in [2.75, 3.05) is 6.54 Å². The number of nitrogens with zero attached hydrogens (tertiary/aromatic N) is 1. The molecule has 0 spiro atoms. The molecule has 0 bridgehead atoms. The second kappa shape index (κ2) is 8.79. The Morgan fingerprint density at radius 3 is 2.63 bits per heavy atom. The number of benzene rings is 1. The summed E-state index contributed by atoms with van der Waals surface area (Å²) in [5.41, 5.74) is 6.39. The van der Waals surface area contributed by atoms with Crippen LogP contribution in [0.5, 0.6) is 0 Å². The lowest BCUT2D eigenvalue weighted by Crippen LogP contribution is -2.35. The summed E-state index contributed by atoms with van der Waals surface area (Å²) in [4.78, 5) is 11.5. The Labute approximate surface area is 112 Å². The molecule has 6 heteroatoms. The van der Waals surface area contributed by atoms with Crippen LogP contribution in [0.2, 0.25) is 0 Å². The number of oxime groups is 1. The molecule has 19 heavy (non-hydrogen) atoms. The average molecular weight is 264 g/mol. The summed E-state index contributed by atoms with van der Waals surface area (Å²) >= 11 is 0. The van der Waals surface area contributed by atoms with Crippen LogP contribution in [0.1, 0.15) is 24.8 Å². The van der Waals surface area contributed by atoms with Crippen LogP contribution in [0.4, 0.5) is 4.79 Å². The van der Waals surface area contributed by atoms with Gasteiger partial charge in [0, 0.05) is 19.5 Å². The number of amides is 2. The molecule has 104 valence electrons. The molecule has 6 nitrogen and oxygen atoms in total. The molecule has 0 radical (unpaired) electrons. The zero-order valence-corrected chi connectivity index (χ0v) is 10.8. The molecule has 0 fully saturated rings. The van der Waals surface area contributed by atoms with E-state index in [0.29, 0.717) is 19.5 Å². The van der Waals surface area contributed by atoms with E-state index in [4.69, 9.17) is 10.9 Å². The SMILES string of the molecule is N/C(CCCCNC(=O)NCc1ccccc1)=N/O. The van der Waals surface area contributed by atoms with E-state index in [1.807, 2.05) is 30.3 Å². The van der Waals surface area contributed by atoms with Crippen molar-refractivity contribution in [3.8, 4) is 0 Å². The van der Waals surface area contributed by atoms with Gasteiger partial charge < -0.3 is 21.6 Å². The van der Waals surface area contributed by atoms with Crippen LogP contribution in [0.15, 0.2) is 35.5 Å². The van der Waals surface area contributed by atoms with E-state index in [9.17, 15) is 4.79 Å². The number of hydrogen-bond acceptors (Lipinski definition) is 3. The minimum Gasteiger partial charge on any atom is -0.409 e. The van der Waals surface area contributed by atoms with Crippen LogP contribution < -0.4 is 16.4 Å². The molecule has 0 unspecified atom stereocenters. The summed E-state index contributed by atoms with van der Waals surface area (Å²) in [5.74, 6) is 0.216. The lowest BCUT2D eigenvalue weighted by Gasteiger charge is -2.07. The summed E-state index contributed by atoms with van der Waals surface area (Å²) in [7, 11) is 0. The van der Waals surface area contributed by atoms with Gasteiger partial charge >= 0.3 is 6.03 Å². The van der Waals surface area contributed by atoms with Crippen LogP contribution in [-0.4, -0.2) is 23.6 Å². The van der Waals surface area contributed by atoms with E-state index in [0.717, 1.165) is 18.4 Å². The Balaban J connectivity index is 2.05. The first-order valence-corrected chi connectivity index (χ1v) is 6.24. The first kappa shape index (κ1) is 14.8. The van der Waals surface area contributed by atoms with Gasteiger partial charge in [-0.2, -0.15) is 0 Å². The van der Waals surface area contributed by atoms with Crippen LogP contribution in [0.3, 0.4) is 0 Å². The van der Waals surface area contributed by atoms with Gasteiger partial charge in [-0.15, -0.1) is 0 Å². The molecular formula is C13H20N4O2. The monoisotopic (exact) mass is 264 g/mol. The first-order chi connectivity index (χ1) is 9.22. The lowest BCUT2D eigenvalue weighted by atomic mass is 10.2. The molecule has 0 saturated carbocycles. The number of carbonyl (C=O) groups is 1. The lowest BCUT2D eigenvalue weighted by molar-refractivity contribution is 0.240. The molecule has 0 saturated heterocycles. The second-order valence-corrected chi connectivity index (χ2v) is 4.14. The van der Waals surface area contributed by atoms with E-state index < -0.39 is 0 Å².